The Bertz CT molecular complexity index is 453. The number of rotatable bonds is 3. The van der Waals surface area contributed by atoms with Gasteiger partial charge in [-0.25, -0.2) is 4.79 Å². The van der Waals surface area contributed by atoms with Crippen molar-refractivity contribution in [3.63, 3.8) is 0 Å². The van der Waals surface area contributed by atoms with Gasteiger partial charge in [0.25, 0.3) is 0 Å². The third kappa shape index (κ3) is 7.22. The van der Waals surface area contributed by atoms with Crippen LogP contribution in [0.1, 0.15) is 54.4 Å². The summed E-state index contributed by atoms with van der Waals surface area (Å²) in [5.41, 5.74) is -0.645. The van der Waals surface area contributed by atoms with Crippen LogP contribution in [0.15, 0.2) is 0 Å². The molecule has 0 aromatic rings. The summed E-state index contributed by atoms with van der Waals surface area (Å²) in [5.74, 6) is -0.731. The van der Waals surface area contributed by atoms with Crippen molar-refractivity contribution in [3.8, 4) is 0 Å². The van der Waals surface area contributed by atoms with E-state index in [1.807, 2.05) is 0 Å². The number of likely N-dealkylation sites (tertiary alicyclic amines) is 1. The Hall–Kier alpha value is -0.670. The molecule has 9 heteroatoms. The van der Waals surface area contributed by atoms with E-state index >= 15 is 0 Å². The summed E-state index contributed by atoms with van der Waals surface area (Å²) >= 11 is -1.82. The molecule has 1 fully saturated rings. The Morgan fingerprint density at radius 2 is 1.64 bits per heavy atom. The van der Waals surface area contributed by atoms with Crippen molar-refractivity contribution >= 4 is 17.5 Å². The predicted molar refractivity (Wildman–Crippen MR) is 91.4 cm³/mol. The van der Waals surface area contributed by atoms with Crippen LogP contribution in [0.5, 0.6) is 0 Å². The maximum Gasteiger partial charge on any atom is 0.410 e. The molecule has 0 aromatic carbocycles. The molecule has 0 aromatic heterocycles. The molecule has 25 heavy (non-hydrogen) atoms. The fraction of sp³-hybridized carbons (Fsp3) is 0.938. The molecular weight excluding hydrogens is 357 g/mol. The molecule has 1 unspecified atom stereocenters. The Morgan fingerprint density at radius 1 is 1.16 bits per heavy atom. The molecule has 1 N–H and O–H groups in total. The lowest BCUT2D eigenvalue weighted by Crippen LogP contribution is -2.56. The molecule has 1 amide bonds. The zero-order valence-electron chi connectivity index (χ0n) is 15.7. The van der Waals surface area contributed by atoms with Crippen molar-refractivity contribution in [3.05, 3.63) is 0 Å². The number of carbonyl (C=O) groups is 1. The fourth-order valence-electron chi connectivity index (χ4n) is 2.46. The first kappa shape index (κ1) is 22.4. The normalized spacial score (nSPS) is 20.3. The number of hydrogen-bond donors (Lipinski definition) is 1. The first-order chi connectivity index (χ1) is 11.1. The van der Waals surface area contributed by atoms with E-state index in [-0.39, 0.29) is 25.9 Å². The molecule has 0 spiro atoms. The van der Waals surface area contributed by atoms with Gasteiger partial charge < -0.3 is 14.2 Å². The summed E-state index contributed by atoms with van der Waals surface area (Å²) in [6, 6.07) is -1.85. The maximum absolute atomic E-state index is 13.4. The van der Waals surface area contributed by atoms with Gasteiger partial charge in [-0.3, -0.25) is 0 Å². The van der Waals surface area contributed by atoms with E-state index in [4.69, 9.17) is 4.74 Å². The van der Waals surface area contributed by atoms with Crippen LogP contribution in [0.4, 0.5) is 18.0 Å². The van der Waals surface area contributed by atoms with Gasteiger partial charge in [0.05, 0.1) is 0 Å². The molecule has 5 nitrogen and oxygen atoms in total. The van der Waals surface area contributed by atoms with E-state index < -0.39 is 45.9 Å². The molecule has 1 aliphatic rings. The summed E-state index contributed by atoms with van der Waals surface area (Å²) in [6.45, 7) is 10.5. The first-order valence-electron chi connectivity index (χ1n) is 8.34. The van der Waals surface area contributed by atoms with Crippen LogP contribution >= 0.6 is 0 Å². The Labute approximate surface area is 151 Å². The molecule has 1 aliphatic heterocycles. The number of amides is 1. The summed E-state index contributed by atoms with van der Waals surface area (Å²) in [4.78, 5) is 13.4. The van der Waals surface area contributed by atoms with Crippen molar-refractivity contribution in [2.45, 2.75) is 77.0 Å². The number of nitrogens with one attached hydrogen (secondary N) is 1. The average Bonchev–Trinajstić information content (AvgIpc) is 2.40. The molecule has 0 saturated carbocycles. The van der Waals surface area contributed by atoms with Crippen LogP contribution < -0.4 is 4.72 Å². The SMILES string of the molecule is CC(C)(C)OC(=O)N1CCC([C@H](N[S+]([O-])C(C)(C)C)C(F)(F)F)CC1. The molecule has 0 bridgehead atoms. The average molecular weight is 386 g/mol. The zero-order valence-corrected chi connectivity index (χ0v) is 16.5. The van der Waals surface area contributed by atoms with Gasteiger partial charge in [-0.05, 0) is 60.3 Å². The number of alkyl halides is 3. The topological polar surface area (TPSA) is 64.6 Å². The van der Waals surface area contributed by atoms with Gasteiger partial charge in [-0.2, -0.15) is 13.2 Å². The number of hydrogen-bond acceptors (Lipinski definition) is 4. The van der Waals surface area contributed by atoms with Gasteiger partial charge in [-0.1, -0.05) is 0 Å². The highest BCUT2D eigenvalue weighted by atomic mass is 32.2. The summed E-state index contributed by atoms with van der Waals surface area (Å²) in [7, 11) is 0. The molecule has 0 aliphatic carbocycles. The van der Waals surface area contributed by atoms with E-state index in [1.54, 1.807) is 41.5 Å². The number of piperidine rings is 1. The van der Waals surface area contributed by atoms with E-state index in [1.165, 1.54) is 4.90 Å². The lowest BCUT2D eigenvalue weighted by atomic mass is 9.89. The molecule has 0 radical (unpaired) electrons. The number of ether oxygens (including phenoxy) is 1. The minimum Gasteiger partial charge on any atom is -0.598 e. The highest BCUT2D eigenvalue weighted by molar-refractivity contribution is 7.90. The molecule has 2 atom stereocenters. The Balaban J connectivity index is 2.71. The van der Waals surface area contributed by atoms with Crippen molar-refractivity contribution < 1.29 is 27.3 Å². The molecule has 148 valence electrons. The van der Waals surface area contributed by atoms with E-state index in [0.717, 1.165) is 0 Å². The molecule has 1 rings (SSSR count). The Kier molecular flexibility index (Phi) is 7.09. The van der Waals surface area contributed by atoms with Gasteiger partial charge in [-0.15, -0.1) is 4.72 Å². The zero-order chi connectivity index (χ0) is 19.6. The van der Waals surface area contributed by atoms with Crippen molar-refractivity contribution in [2.24, 2.45) is 5.92 Å². The molecule has 1 heterocycles. The summed E-state index contributed by atoms with van der Waals surface area (Å²) in [5, 5.41) is 0. The van der Waals surface area contributed by atoms with Gasteiger partial charge in [0.2, 0.25) is 0 Å². The summed E-state index contributed by atoms with van der Waals surface area (Å²) in [6.07, 6.45) is -4.66. The number of nitrogens with zero attached hydrogens (tertiary/aromatic N) is 1. The van der Waals surface area contributed by atoms with Crippen LogP contribution in [0.3, 0.4) is 0 Å². The predicted octanol–water partition coefficient (Wildman–Crippen LogP) is 3.62. The van der Waals surface area contributed by atoms with Crippen molar-refractivity contribution in [2.75, 3.05) is 13.1 Å². The Morgan fingerprint density at radius 3 is 2.00 bits per heavy atom. The van der Waals surface area contributed by atoms with Crippen LogP contribution in [-0.2, 0) is 16.1 Å². The van der Waals surface area contributed by atoms with Crippen molar-refractivity contribution in [1.29, 1.82) is 0 Å². The highest BCUT2D eigenvalue weighted by Crippen LogP contribution is 2.33. The second-order valence-corrected chi connectivity index (χ2v) is 10.3. The second kappa shape index (κ2) is 7.92. The van der Waals surface area contributed by atoms with Crippen LogP contribution in [-0.4, -0.2) is 51.2 Å². The van der Waals surface area contributed by atoms with Gasteiger partial charge >= 0.3 is 12.3 Å². The second-order valence-electron chi connectivity index (χ2n) is 8.32. The number of halogens is 3. The van der Waals surface area contributed by atoms with Crippen LogP contribution in [0.25, 0.3) is 0 Å². The lowest BCUT2D eigenvalue weighted by Gasteiger charge is -2.38. The van der Waals surface area contributed by atoms with Crippen molar-refractivity contribution in [1.82, 2.24) is 9.62 Å². The van der Waals surface area contributed by atoms with Gasteiger partial charge in [0.1, 0.15) is 10.3 Å². The first-order valence-corrected chi connectivity index (χ1v) is 9.49. The quantitative estimate of drug-likeness (QED) is 0.753. The molecule has 1 saturated heterocycles. The number of carbonyl (C=O) groups excluding carboxylic acids is 1. The van der Waals surface area contributed by atoms with Gasteiger partial charge in [0.15, 0.2) is 6.04 Å². The molecular formula is C16H29F3N2O3S. The van der Waals surface area contributed by atoms with E-state index in [9.17, 15) is 22.5 Å². The lowest BCUT2D eigenvalue weighted by molar-refractivity contribution is -0.166. The third-order valence-corrected chi connectivity index (χ3v) is 5.39. The standard InChI is InChI=1S/C16H29F3N2O3S/c1-14(2,3)24-13(22)21-9-7-11(8-10-21)12(16(17,18)19)20-25(23)15(4,5)6/h11-12,20H,7-10H2,1-6H3/t12-,25?/m0/s1. The fourth-order valence-corrected chi connectivity index (χ4v) is 3.37. The summed E-state index contributed by atoms with van der Waals surface area (Å²) < 4.78 is 59.1. The van der Waals surface area contributed by atoms with E-state index in [2.05, 4.69) is 4.72 Å². The van der Waals surface area contributed by atoms with Gasteiger partial charge in [0, 0.05) is 24.5 Å². The minimum absolute atomic E-state index is 0.178. The monoisotopic (exact) mass is 386 g/mol. The van der Waals surface area contributed by atoms with E-state index in [0.29, 0.717) is 0 Å². The van der Waals surface area contributed by atoms with Crippen LogP contribution in [0, 0.1) is 5.92 Å². The minimum atomic E-state index is -4.50. The maximum atomic E-state index is 13.4. The smallest absolute Gasteiger partial charge is 0.410 e. The van der Waals surface area contributed by atoms with Crippen LogP contribution in [0.2, 0.25) is 0 Å². The third-order valence-electron chi connectivity index (χ3n) is 3.81. The largest absolute Gasteiger partial charge is 0.598 e. The highest BCUT2D eigenvalue weighted by Gasteiger charge is 2.49.